The molecule has 0 aromatic carbocycles. The minimum atomic E-state index is -0.411. The minimum Gasteiger partial charge on any atom is -0.480 e. The predicted molar refractivity (Wildman–Crippen MR) is 68.8 cm³/mol. The van der Waals surface area contributed by atoms with Crippen molar-refractivity contribution in [3.05, 3.63) is 11.9 Å². The summed E-state index contributed by atoms with van der Waals surface area (Å²) in [5, 5.41) is 0. The Hall–Kier alpha value is -1.44. The quantitative estimate of drug-likeness (QED) is 0.595. The topological polar surface area (TPSA) is 91.5 Å². The number of nitrogens with one attached hydrogen (secondary N) is 1. The molecular weight excluding hydrogens is 248 g/mol. The number of nitrogens with two attached hydrogens (primary N) is 1. The molecule has 7 nitrogen and oxygen atoms in total. The number of ether oxygens (including phenoxy) is 3. The summed E-state index contributed by atoms with van der Waals surface area (Å²) in [4.78, 5) is 8.57. The van der Waals surface area contributed by atoms with Gasteiger partial charge in [0.1, 0.15) is 5.69 Å². The molecule has 0 amide bonds. The summed E-state index contributed by atoms with van der Waals surface area (Å²) >= 11 is 0. The standard InChI is InChI=1S/C12H20N4O3/c1-12(5-4-6-19-12)10(16-13)9-11(18-3)15-8(17-2)7-14-9/h7,10,16H,4-6,13H2,1-3H3. The van der Waals surface area contributed by atoms with E-state index >= 15 is 0 Å². The molecule has 0 aliphatic carbocycles. The lowest BCUT2D eigenvalue weighted by molar-refractivity contribution is -0.0145. The third-order valence-corrected chi connectivity index (χ3v) is 3.45. The lowest BCUT2D eigenvalue weighted by Crippen LogP contribution is -2.45. The highest BCUT2D eigenvalue weighted by Gasteiger charge is 2.41. The Morgan fingerprint density at radius 1 is 1.47 bits per heavy atom. The van der Waals surface area contributed by atoms with E-state index in [0.717, 1.165) is 19.4 Å². The third kappa shape index (κ3) is 2.63. The van der Waals surface area contributed by atoms with Gasteiger partial charge in [-0.3, -0.25) is 5.84 Å². The van der Waals surface area contributed by atoms with E-state index in [1.54, 1.807) is 13.3 Å². The maximum Gasteiger partial charge on any atom is 0.240 e. The Morgan fingerprint density at radius 2 is 2.26 bits per heavy atom. The van der Waals surface area contributed by atoms with Crippen LogP contribution < -0.4 is 20.7 Å². The summed E-state index contributed by atoms with van der Waals surface area (Å²) in [7, 11) is 3.07. The van der Waals surface area contributed by atoms with Gasteiger partial charge in [0.05, 0.1) is 32.1 Å². The monoisotopic (exact) mass is 268 g/mol. The molecule has 1 aromatic rings. The van der Waals surface area contributed by atoms with Crippen LogP contribution in [-0.2, 0) is 4.74 Å². The molecular formula is C12H20N4O3. The number of rotatable bonds is 5. The molecule has 3 N–H and O–H groups in total. The van der Waals surface area contributed by atoms with Crippen molar-refractivity contribution >= 4 is 0 Å². The number of hydrazine groups is 1. The van der Waals surface area contributed by atoms with Crippen LogP contribution in [0.4, 0.5) is 0 Å². The zero-order chi connectivity index (χ0) is 13.9. The van der Waals surface area contributed by atoms with Crippen molar-refractivity contribution in [2.24, 2.45) is 5.84 Å². The maximum atomic E-state index is 5.81. The van der Waals surface area contributed by atoms with Crippen LogP contribution in [-0.4, -0.2) is 36.4 Å². The molecule has 2 rings (SSSR count). The first-order chi connectivity index (χ1) is 9.14. The molecule has 0 bridgehead atoms. The van der Waals surface area contributed by atoms with Crippen LogP contribution in [0.15, 0.2) is 6.20 Å². The number of methoxy groups -OCH3 is 2. The average Bonchev–Trinajstić information content (AvgIpc) is 2.87. The van der Waals surface area contributed by atoms with E-state index in [2.05, 4.69) is 15.4 Å². The molecule has 106 valence electrons. The molecule has 1 aliphatic rings. The number of aromatic nitrogens is 2. The van der Waals surface area contributed by atoms with Gasteiger partial charge in [-0.05, 0) is 19.8 Å². The van der Waals surface area contributed by atoms with E-state index in [9.17, 15) is 0 Å². The van der Waals surface area contributed by atoms with Crippen LogP contribution >= 0.6 is 0 Å². The van der Waals surface area contributed by atoms with Crippen LogP contribution in [0.2, 0.25) is 0 Å². The largest absolute Gasteiger partial charge is 0.480 e. The molecule has 0 radical (unpaired) electrons. The summed E-state index contributed by atoms with van der Waals surface area (Å²) in [6.45, 7) is 2.73. The van der Waals surface area contributed by atoms with Gasteiger partial charge in [0.15, 0.2) is 0 Å². The first-order valence-electron chi connectivity index (χ1n) is 6.19. The highest BCUT2D eigenvalue weighted by Crippen LogP contribution is 2.38. The molecule has 1 fully saturated rings. The van der Waals surface area contributed by atoms with Crippen LogP contribution in [0, 0.1) is 0 Å². The summed E-state index contributed by atoms with van der Waals surface area (Å²) in [5.41, 5.74) is 2.97. The van der Waals surface area contributed by atoms with Gasteiger partial charge in [-0.1, -0.05) is 0 Å². The van der Waals surface area contributed by atoms with Crippen molar-refractivity contribution in [3.63, 3.8) is 0 Å². The van der Waals surface area contributed by atoms with Gasteiger partial charge in [-0.2, -0.15) is 4.98 Å². The van der Waals surface area contributed by atoms with E-state index in [4.69, 9.17) is 20.1 Å². The van der Waals surface area contributed by atoms with Crippen LogP contribution in [0.5, 0.6) is 11.8 Å². The molecule has 2 atom stereocenters. The number of hydrogen-bond donors (Lipinski definition) is 2. The van der Waals surface area contributed by atoms with E-state index in [1.807, 2.05) is 6.92 Å². The fourth-order valence-electron chi connectivity index (χ4n) is 2.39. The van der Waals surface area contributed by atoms with Gasteiger partial charge in [-0.15, -0.1) is 0 Å². The van der Waals surface area contributed by atoms with Crippen LogP contribution in [0.1, 0.15) is 31.5 Å². The van der Waals surface area contributed by atoms with Crippen LogP contribution in [0.3, 0.4) is 0 Å². The van der Waals surface area contributed by atoms with Gasteiger partial charge in [-0.25, -0.2) is 10.4 Å². The second-order valence-corrected chi connectivity index (χ2v) is 4.67. The Balaban J connectivity index is 2.37. The maximum absolute atomic E-state index is 5.81. The SMILES string of the molecule is COc1cnc(C(NN)C2(C)CCCO2)c(OC)n1. The third-order valence-electron chi connectivity index (χ3n) is 3.45. The summed E-state index contributed by atoms with van der Waals surface area (Å²) in [5.74, 6) is 6.46. The van der Waals surface area contributed by atoms with Crippen molar-refractivity contribution in [1.29, 1.82) is 0 Å². The second kappa shape index (κ2) is 5.68. The Morgan fingerprint density at radius 3 is 2.79 bits per heavy atom. The zero-order valence-corrected chi connectivity index (χ0v) is 11.5. The number of hydrogen-bond acceptors (Lipinski definition) is 7. The van der Waals surface area contributed by atoms with Gasteiger partial charge in [0.2, 0.25) is 11.8 Å². The molecule has 19 heavy (non-hydrogen) atoms. The molecule has 2 heterocycles. The Bertz CT molecular complexity index is 435. The van der Waals surface area contributed by atoms with Gasteiger partial charge in [0, 0.05) is 6.61 Å². The van der Waals surface area contributed by atoms with Crippen molar-refractivity contribution in [2.75, 3.05) is 20.8 Å². The molecule has 0 spiro atoms. The second-order valence-electron chi connectivity index (χ2n) is 4.67. The molecule has 7 heteroatoms. The van der Waals surface area contributed by atoms with Crippen molar-refractivity contribution in [2.45, 2.75) is 31.4 Å². The summed E-state index contributed by atoms with van der Waals surface area (Å²) in [6, 6.07) is -0.289. The molecule has 1 aliphatic heterocycles. The Kier molecular flexibility index (Phi) is 4.18. The lowest BCUT2D eigenvalue weighted by atomic mass is 9.91. The van der Waals surface area contributed by atoms with E-state index < -0.39 is 5.60 Å². The first kappa shape index (κ1) is 14.0. The normalized spacial score (nSPS) is 24.2. The van der Waals surface area contributed by atoms with Gasteiger partial charge in [0.25, 0.3) is 0 Å². The lowest BCUT2D eigenvalue weighted by Gasteiger charge is -2.32. The number of nitrogens with zero attached hydrogens (tertiary/aromatic N) is 2. The fourth-order valence-corrected chi connectivity index (χ4v) is 2.39. The average molecular weight is 268 g/mol. The summed E-state index contributed by atoms with van der Waals surface area (Å²) in [6.07, 6.45) is 3.44. The van der Waals surface area contributed by atoms with Gasteiger partial charge < -0.3 is 14.2 Å². The van der Waals surface area contributed by atoms with Crippen molar-refractivity contribution in [3.8, 4) is 11.8 Å². The highest BCUT2D eigenvalue weighted by atomic mass is 16.5. The van der Waals surface area contributed by atoms with E-state index in [0.29, 0.717) is 17.5 Å². The van der Waals surface area contributed by atoms with E-state index in [1.165, 1.54) is 7.11 Å². The summed E-state index contributed by atoms with van der Waals surface area (Å²) < 4.78 is 16.1. The zero-order valence-electron chi connectivity index (χ0n) is 11.5. The fraction of sp³-hybridized carbons (Fsp3) is 0.667. The van der Waals surface area contributed by atoms with Crippen LogP contribution in [0.25, 0.3) is 0 Å². The smallest absolute Gasteiger partial charge is 0.240 e. The molecule has 2 unspecified atom stereocenters. The molecule has 1 aromatic heterocycles. The highest BCUT2D eigenvalue weighted by molar-refractivity contribution is 5.28. The molecule has 0 saturated carbocycles. The van der Waals surface area contributed by atoms with E-state index in [-0.39, 0.29) is 6.04 Å². The Labute approximate surface area is 112 Å². The van der Waals surface area contributed by atoms with Gasteiger partial charge >= 0.3 is 0 Å². The van der Waals surface area contributed by atoms with Crippen molar-refractivity contribution < 1.29 is 14.2 Å². The van der Waals surface area contributed by atoms with Crippen molar-refractivity contribution in [1.82, 2.24) is 15.4 Å². The molecule has 1 saturated heterocycles. The minimum absolute atomic E-state index is 0.289. The predicted octanol–water partition coefficient (Wildman–Crippen LogP) is 0.567. The first-order valence-corrected chi connectivity index (χ1v) is 6.19.